The average Bonchev–Trinajstić information content (AvgIpc) is 3.25. The highest BCUT2D eigenvalue weighted by molar-refractivity contribution is 5.98. The van der Waals surface area contributed by atoms with E-state index in [4.69, 9.17) is 0 Å². The van der Waals surface area contributed by atoms with Crippen LogP contribution in [0.15, 0.2) is 79.3 Å². The van der Waals surface area contributed by atoms with Crippen LogP contribution in [0.5, 0.6) is 0 Å². The van der Waals surface area contributed by atoms with Crippen LogP contribution in [0.25, 0.3) is 10.9 Å². The lowest BCUT2D eigenvalue weighted by Crippen LogP contribution is -2.45. The number of halogens is 3. The van der Waals surface area contributed by atoms with E-state index in [0.717, 1.165) is 28.6 Å². The molecule has 2 heterocycles. The number of hydrogen-bond acceptors (Lipinski definition) is 3. The number of aromatic nitrogens is 2. The third kappa shape index (κ3) is 6.26. The number of carbonyl (C=O) groups excluding carboxylic acids is 2. The molecule has 0 aliphatic heterocycles. The first-order chi connectivity index (χ1) is 16.8. The van der Waals surface area contributed by atoms with E-state index in [2.05, 4.69) is 20.6 Å². The van der Waals surface area contributed by atoms with Crippen molar-refractivity contribution in [1.82, 2.24) is 15.3 Å². The fourth-order valence-electron chi connectivity index (χ4n) is 3.78. The Bertz CT molecular complexity index is 1300. The van der Waals surface area contributed by atoms with Crippen LogP contribution in [0.4, 0.5) is 18.9 Å². The monoisotopic (exact) mass is 480 g/mol. The lowest BCUT2D eigenvalue weighted by Gasteiger charge is -2.18. The van der Waals surface area contributed by atoms with Crippen LogP contribution >= 0.6 is 0 Å². The quantitative estimate of drug-likeness (QED) is 0.336. The minimum absolute atomic E-state index is 0.0261. The summed E-state index contributed by atoms with van der Waals surface area (Å²) in [5, 5.41) is 6.53. The fourth-order valence-corrected chi connectivity index (χ4v) is 3.78. The molecule has 0 saturated heterocycles. The summed E-state index contributed by atoms with van der Waals surface area (Å²) >= 11 is 0. The second-order valence-corrected chi connectivity index (χ2v) is 8.10. The molecule has 0 aliphatic rings. The molecule has 2 aromatic carbocycles. The predicted octanol–water partition coefficient (Wildman–Crippen LogP) is 4.88. The molecule has 0 aliphatic carbocycles. The molecular weight excluding hydrogens is 457 g/mol. The zero-order valence-corrected chi connectivity index (χ0v) is 18.6. The molecule has 3 N–H and O–H groups in total. The molecule has 0 radical (unpaired) electrons. The highest BCUT2D eigenvalue weighted by atomic mass is 19.4. The average molecular weight is 480 g/mol. The van der Waals surface area contributed by atoms with Gasteiger partial charge in [-0.2, -0.15) is 13.2 Å². The number of aromatic amines is 1. The van der Waals surface area contributed by atoms with Crippen LogP contribution in [0.3, 0.4) is 0 Å². The normalized spacial score (nSPS) is 12.3. The Balaban J connectivity index is 1.45. The number of carbonyl (C=O) groups is 2. The number of rotatable bonds is 8. The Morgan fingerprint density at radius 2 is 1.69 bits per heavy atom. The number of nitrogens with one attached hydrogen (secondary N) is 3. The maximum absolute atomic E-state index is 13.1. The number of para-hydroxylation sites is 1. The van der Waals surface area contributed by atoms with Gasteiger partial charge >= 0.3 is 6.18 Å². The second kappa shape index (κ2) is 10.4. The van der Waals surface area contributed by atoms with Crippen molar-refractivity contribution in [3.8, 4) is 0 Å². The Labute approximate surface area is 199 Å². The molecule has 35 heavy (non-hydrogen) atoms. The molecule has 9 heteroatoms. The summed E-state index contributed by atoms with van der Waals surface area (Å²) < 4.78 is 38.3. The lowest BCUT2D eigenvalue weighted by molar-refractivity contribution is -0.137. The maximum Gasteiger partial charge on any atom is 0.416 e. The fraction of sp³-hybridized carbons (Fsp3) is 0.192. The summed E-state index contributed by atoms with van der Waals surface area (Å²) in [6, 6.07) is 14.8. The third-order valence-corrected chi connectivity index (χ3v) is 5.62. The summed E-state index contributed by atoms with van der Waals surface area (Å²) in [6.45, 7) is 0. The van der Waals surface area contributed by atoms with Gasteiger partial charge in [0.1, 0.15) is 6.04 Å². The first-order valence-electron chi connectivity index (χ1n) is 11.0. The molecule has 0 unspecified atom stereocenters. The van der Waals surface area contributed by atoms with Crippen LogP contribution in [0.1, 0.15) is 23.1 Å². The smallest absolute Gasteiger partial charge is 0.361 e. The topological polar surface area (TPSA) is 86.9 Å². The summed E-state index contributed by atoms with van der Waals surface area (Å²) in [5.41, 5.74) is 2.20. The minimum Gasteiger partial charge on any atom is -0.361 e. The number of anilines is 1. The molecule has 2 aromatic heterocycles. The van der Waals surface area contributed by atoms with Gasteiger partial charge in [-0.25, -0.2) is 0 Å². The summed E-state index contributed by atoms with van der Waals surface area (Å²) in [7, 11) is 0. The number of amides is 2. The van der Waals surface area contributed by atoms with E-state index in [1.54, 1.807) is 24.5 Å². The van der Waals surface area contributed by atoms with E-state index in [0.29, 0.717) is 11.3 Å². The van der Waals surface area contributed by atoms with Crippen molar-refractivity contribution in [2.75, 3.05) is 5.32 Å². The van der Waals surface area contributed by atoms with Crippen LogP contribution < -0.4 is 10.6 Å². The van der Waals surface area contributed by atoms with E-state index in [-0.39, 0.29) is 31.1 Å². The SMILES string of the molecule is O=C(CCc1ccc(C(F)(F)F)cc1)N[C@@H](Cc1c[nH]c2ccccc12)C(=O)Nc1ccncc1. The second-order valence-electron chi connectivity index (χ2n) is 8.10. The van der Waals surface area contributed by atoms with E-state index in [1.807, 2.05) is 30.5 Å². The van der Waals surface area contributed by atoms with E-state index >= 15 is 0 Å². The number of fused-ring (bicyclic) bond motifs is 1. The molecule has 4 aromatic rings. The molecule has 4 rings (SSSR count). The van der Waals surface area contributed by atoms with Crippen molar-refractivity contribution in [3.05, 3.63) is 95.9 Å². The van der Waals surface area contributed by atoms with Crippen molar-refractivity contribution in [3.63, 3.8) is 0 Å². The number of hydrogen-bond donors (Lipinski definition) is 3. The van der Waals surface area contributed by atoms with Crippen LogP contribution in [0.2, 0.25) is 0 Å². The number of H-pyrrole nitrogens is 1. The molecule has 0 fully saturated rings. The van der Waals surface area contributed by atoms with Gasteiger partial charge in [0, 0.05) is 48.0 Å². The zero-order chi connectivity index (χ0) is 24.8. The molecule has 0 spiro atoms. The predicted molar refractivity (Wildman–Crippen MR) is 127 cm³/mol. The molecule has 0 saturated carbocycles. The standard InChI is InChI=1S/C26H23F3N4O2/c27-26(28,29)19-8-5-17(6-9-19)7-10-24(34)33-23(25(35)32-20-11-13-30-14-12-20)15-18-16-31-22-4-2-1-3-21(18)22/h1-6,8-9,11-14,16,23,31H,7,10,15H2,(H,33,34)(H,30,32,35)/t23-/m0/s1. The molecular formula is C26H23F3N4O2. The van der Waals surface area contributed by atoms with E-state index in [1.165, 1.54) is 12.1 Å². The molecule has 2 amide bonds. The van der Waals surface area contributed by atoms with Crippen LogP contribution in [0, 0.1) is 0 Å². The van der Waals surface area contributed by atoms with Gasteiger partial charge in [-0.15, -0.1) is 0 Å². The Morgan fingerprint density at radius 3 is 2.40 bits per heavy atom. The first kappa shape index (κ1) is 24.0. The number of aryl methyl sites for hydroxylation is 1. The number of benzene rings is 2. The number of pyridine rings is 1. The lowest BCUT2D eigenvalue weighted by atomic mass is 10.0. The van der Waals surface area contributed by atoms with Crippen molar-refractivity contribution >= 4 is 28.4 Å². The van der Waals surface area contributed by atoms with Gasteiger partial charge < -0.3 is 15.6 Å². The van der Waals surface area contributed by atoms with Crippen molar-refractivity contribution < 1.29 is 22.8 Å². The minimum atomic E-state index is -4.41. The Hall–Kier alpha value is -4.14. The molecule has 0 bridgehead atoms. The van der Waals surface area contributed by atoms with E-state index in [9.17, 15) is 22.8 Å². The van der Waals surface area contributed by atoms with Gasteiger partial charge in [-0.1, -0.05) is 30.3 Å². The van der Waals surface area contributed by atoms with Gasteiger partial charge in [0.25, 0.3) is 0 Å². The molecule has 1 atom stereocenters. The number of nitrogens with zero attached hydrogens (tertiary/aromatic N) is 1. The zero-order valence-electron chi connectivity index (χ0n) is 18.6. The molecule has 6 nitrogen and oxygen atoms in total. The highest BCUT2D eigenvalue weighted by Gasteiger charge is 2.30. The van der Waals surface area contributed by atoms with Crippen molar-refractivity contribution in [2.24, 2.45) is 0 Å². The Kier molecular flexibility index (Phi) is 7.14. The van der Waals surface area contributed by atoms with Gasteiger partial charge in [0.2, 0.25) is 11.8 Å². The van der Waals surface area contributed by atoms with Crippen LogP contribution in [-0.4, -0.2) is 27.8 Å². The van der Waals surface area contributed by atoms with Crippen molar-refractivity contribution in [1.29, 1.82) is 0 Å². The maximum atomic E-state index is 13.1. The molecule has 180 valence electrons. The summed E-state index contributed by atoms with van der Waals surface area (Å²) in [5.74, 6) is -0.760. The van der Waals surface area contributed by atoms with Gasteiger partial charge in [-0.3, -0.25) is 14.6 Å². The van der Waals surface area contributed by atoms with Crippen LogP contribution in [-0.2, 0) is 28.6 Å². The summed E-state index contributed by atoms with van der Waals surface area (Å²) in [6.07, 6.45) is 1.03. The van der Waals surface area contributed by atoms with E-state index < -0.39 is 17.8 Å². The third-order valence-electron chi connectivity index (χ3n) is 5.62. The first-order valence-corrected chi connectivity index (χ1v) is 11.0. The van der Waals surface area contributed by atoms with Crippen molar-refractivity contribution in [2.45, 2.75) is 31.5 Å². The Morgan fingerprint density at radius 1 is 0.971 bits per heavy atom. The van der Waals surface area contributed by atoms with Gasteiger partial charge in [-0.05, 0) is 47.9 Å². The summed E-state index contributed by atoms with van der Waals surface area (Å²) in [4.78, 5) is 32.9. The largest absolute Gasteiger partial charge is 0.416 e. The van der Waals surface area contributed by atoms with Gasteiger partial charge in [0.05, 0.1) is 5.56 Å². The van der Waals surface area contributed by atoms with Gasteiger partial charge in [0.15, 0.2) is 0 Å². The highest BCUT2D eigenvalue weighted by Crippen LogP contribution is 2.29. The number of alkyl halides is 3.